The van der Waals surface area contributed by atoms with E-state index in [1.54, 1.807) is 6.21 Å². The van der Waals surface area contributed by atoms with Gasteiger partial charge in [-0.2, -0.15) is 10.1 Å². The summed E-state index contributed by atoms with van der Waals surface area (Å²) >= 11 is 0. The second-order valence-corrected chi connectivity index (χ2v) is 4.92. The van der Waals surface area contributed by atoms with E-state index in [0.717, 1.165) is 22.1 Å². The molecular weight excluding hydrogens is 278 g/mol. The number of H-pyrrole nitrogens is 1. The van der Waals surface area contributed by atoms with Crippen molar-refractivity contribution in [3.8, 4) is 0 Å². The zero-order valence-corrected chi connectivity index (χ0v) is 11.9. The summed E-state index contributed by atoms with van der Waals surface area (Å²) in [5.74, 6) is 0.351. The number of rotatable bonds is 3. The molecule has 3 heterocycles. The highest BCUT2D eigenvalue weighted by molar-refractivity contribution is 6.03. The Morgan fingerprint density at radius 1 is 1.18 bits per heavy atom. The highest BCUT2D eigenvalue weighted by Gasteiger charge is 2.07. The van der Waals surface area contributed by atoms with Gasteiger partial charge in [-0.1, -0.05) is 18.2 Å². The number of hydrogen-bond donors (Lipinski definition) is 2. The molecule has 108 valence electrons. The lowest BCUT2D eigenvalue weighted by Gasteiger charge is -1.98. The van der Waals surface area contributed by atoms with Crippen LogP contribution < -0.4 is 5.43 Å². The van der Waals surface area contributed by atoms with Crippen molar-refractivity contribution >= 4 is 34.2 Å². The van der Waals surface area contributed by atoms with Gasteiger partial charge in [0.2, 0.25) is 0 Å². The molecule has 0 amide bonds. The lowest BCUT2D eigenvalue weighted by atomic mass is 10.2. The maximum absolute atomic E-state index is 4.39. The van der Waals surface area contributed by atoms with Gasteiger partial charge in [0, 0.05) is 24.1 Å². The fraction of sp³-hybridized carbons (Fsp3) is 0.0667. The first kappa shape index (κ1) is 12.5. The molecule has 0 bridgehead atoms. The lowest BCUT2D eigenvalue weighted by Crippen LogP contribution is -2.00. The molecule has 0 atom stereocenters. The summed E-state index contributed by atoms with van der Waals surface area (Å²) in [6, 6.07) is 11.8. The normalized spacial score (nSPS) is 11.7. The molecule has 0 fully saturated rings. The number of nitrogens with zero attached hydrogens (tertiary/aromatic N) is 5. The molecule has 0 unspecified atom stereocenters. The maximum atomic E-state index is 4.39. The predicted molar refractivity (Wildman–Crippen MR) is 85.8 cm³/mol. The quantitative estimate of drug-likeness (QED) is 0.448. The second kappa shape index (κ2) is 4.96. The fourth-order valence-electron chi connectivity index (χ4n) is 2.33. The number of benzene rings is 1. The standard InChI is InChI=1S/C15H13N7/c1-22-8-4-5-10(22)9-16-20-15-18-14-13(19-21-15)11-6-2-3-7-12(11)17-14/h2-9H,1H3,(H2,17,18,20,21). The van der Waals surface area contributed by atoms with E-state index < -0.39 is 0 Å². The highest BCUT2D eigenvalue weighted by Crippen LogP contribution is 2.21. The van der Waals surface area contributed by atoms with Crippen LogP contribution in [0.2, 0.25) is 0 Å². The molecule has 4 aromatic rings. The molecule has 2 N–H and O–H groups in total. The van der Waals surface area contributed by atoms with E-state index in [4.69, 9.17) is 0 Å². The summed E-state index contributed by atoms with van der Waals surface area (Å²) in [7, 11) is 1.95. The number of para-hydroxylation sites is 1. The average Bonchev–Trinajstić information content (AvgIpc) is 3.10. The lowest BCUT2D eigenvalue weighted by molar-refractivity contribution is 0.917. The van der Waals surface area contributed by atoms with Crippen molar-refractivity contribution < 1.29 is 0 Å². The van der Waals surface area contributed by atoms with Crippen LogP contribution in [0, 0.1) is 0 Å². The predicted octanol–water partition coefficient (Wildman–Crippen LogP) is 2.29. The van der Waals surface area contributed by atoms with Gasteiger partial charge in [0.25, 0.3) is 5.95 Å². The van der Waals surface area contributed by atoms with Crippen LogP contribution in [0.1, 0.15) is 5.69 Å². The molecule has 1 aromatic carbocycles. The summed E-state index contributed by atoms with van der Waals surface area (Å²) in [5.41, 5.74) is 6.21. The van der Waals surface area contributed by atoms with Crippen molar-refractivity contribution in [3.05, 3.63) is 48.3 Å². The minimum atomic E-state index is 0.351. The van der Waals surface area contributed by atoms with Gasteiger partial charge < -0.3 is 9.55 Å². The third-order valence-electron chi connectivity index (χ3n) is 3.47. The first-order chi connectivity index (χ1) is 10.8. The van der Waals surface area contributed by atoms with Crippen LogP contribution in [0.25, 0.3) is 22.1 Å². The summed E-state index contributed by atoms with van der Waals surface area (Å²) in [5, 5.41) is 13.4. The van der Waals surface area contributed by atoms with Gasteiger partial charge in [-0.05, 0) is 18.2 Å². The average molecular weight is 291 g/mol. The van der Waals surface area contributed by atoms with Gasteiger partial charge in [0.1, 0.15) is 5.52 Å². The van der Waals surface area contributed by atoms with Crippen molar-refractivity contribution in [1.82, 2.24) is 24.7 Å². The molecule has 0 aliphatic carbocycles. The summed E-state index contributed by atoms with van der Waals surface area (Å²) in [6.45, 7) is 0. The zero-order valence-electron chi connectivity index (χ0n) is 11.9. The Hall–Kier alpha value is -3.22. The summed E-state index contributed by atoms with van der Waals surface area (Å²) in [4.78, 5) is 7.61. The first-order valence-corrected chi connectivity index (χ1v) is 6.83. The van der Waals surface area contributed by atoms with Crippen LogP contribution in [-0.2, 0) is 7.05 Å². The van der Waals surface area contributed by atoms with Crippen LogP contribution in [0.4, 0.5) is 5.95 Å². The molecule has 0 saturated heterocycles. The minimum Gasteiger partial charge on any atom is -0.350 e. The van der Waals surface area contributed by atoms with Gasteiger partial charge in [-0.25, -0.2) is 5.43 Å². The van der Waals surface area contributed by atoms with Crippen LogP contribution in [0.15, 0.2) is 47.7 Å². The number of aromatic nitrogens is 5. The Labute approximate surface area is 125 Å². The number of aromatic amines is 1. The van der Waals surface area contributed by atoms with Crippen molar-refractivity contribution in [2.75, 3.05) is 5.43 Å². The zero-order chi connectivity index (χ0) is 14.9. The van der Waals surface area contributed by atoms with E-state index in [9.17, 15) is 0 Å². The molecule has 0 aliphatic heterocycles. The van der Waals surface area contributed by atoms with Crippen molar-refractivity contribution in [2.45, 2.75) is 0 Å². The third kappa shape index (κ3) is 2.08. The van der Waals surface area contributed by atoms with E-state index in [2.05, 4.69) is 30.7 Å². The van der Waals surface area contributed by atoms with Gasteiger partial charge in [-0.15, -0.1) is 10.2 Å². The molecule has 3 aromatic heterocycles. The molecule has 7 nitrogen and oxygen atoms in total. The Morgan fingerprint density at radius 3 is 2.95 bits per heavy atom. The number of hydrazone groups is 1. The molecule has 7 heteroatoms. The van der Waals surface area contributed by atoms with E-state index in [0.29, 0.717) is 11.6 Å². The smallest absolute Gasteiger partial charge is 0.265 e. The SMILES string of the molecule is Cn1cccc1C=NNc1nnc2c(n1)[nH]c1ccccc12. The molecule has 0 saturated carbocycles. The van der Waals surface area contributed by atoms with Crippen molar-refractivity contribution in [1.29, 1.82) is 0 Å². The number of nitrogens with one attached hydrogen (secondary N) is 2. The summed E-state index contributed by atoms with van der Waals surface area (Å²) < 4.78 is 1.96. The van der Waals surface area contributed by atoms with Gasteiger partial charge in [-0.3, -0.25) is 0 Å². The number of aryl methyl sites for hydroxylation is 1. The Bertz CT molecular complexity index is 980. The Balaban J connectivity index is 1.64. The largest absolute Gasteiger partial charge is 0.350 e. The molecular formula is C15H13N7. The maximum Gasteiger partial charge on any atom is 0.265 e. The second-order valence-electron chi connectivity index (χ2n) is 4.92. The molecule has 22 heavy (non-hydrogen) atoms. The number of anilines is 1. The first-order valence-electron chi connectivity index (χ1n) is 6.83. The van der Waals surface area contributed by atoms with Crippen LogP contribution in [0.3, 0.4) is 0 Å². The monoisotopic (exact) mass is 291 g/mol. The number of fused-ring (bicyclic) bond motifs is 3. The van der Waals surface area contributed by atoms with Crippen molar-refractivity contribution in [2.24, 2.45) is 12.1 Å². The highest BCUT2D eigenvalue weighted by atomic mass is 15.4. The van der Waals surface area contributed by atoms with Crippen LogP contribution in [-0.4, -0.2) is 30.9 Å². The molecule has 0 radical (unpaired) electrons. The summed E-state index contributed by atoms with van der Waals surface area (Å²) in [6.07, 6.45) is 3.66. The van der Waals surface area contributed by atoms with E-state index in [1.165, 1.54) is 0 Å². The van der Waals surface area contributed by atoms with Crippen LogP contribution in [0.5, 0.6) is 0 Å². The topological polar surface area (TPSA) is 83.8 Å². The molecule has 0 spiro atoms. The van der Waals surface area contributed by atoms with E-state index in [-0.39, 0.29) is 0 Å². The van der Waals surface area contributed by atoms with Gasteiger partial charge in [0.15, 0.2) is 5.65 Å². The molecule has 4 rings (SSSR count). The van der Waals surface area contributed by atoms with E-state index >= 15 is 0 Å². The number of hydrogen-bond acceptors (Lipinski definition) is 5. The van der Waals surface area contributed by atoms with Gasteiger partial charge >= 0.3 is 0 Å². The van der Waals surface area contributed by atoms with Crippen molar-refractivity contribution in [3.63, 3.8) is 0 Å². The molecule has 0 aliphatic rings. The van der Waals surface area contributed by atoms with Crippen LogP contribution >= 0.6 is 0 Å². The fourth-order valence-corrected chi connectivity index (χ4v) is 2.33. The Morgan fingerprint density at radius 2 is 2.09 bits per heavy atom. The Kier molecular flexibility index (Phi) is 2.82. The van der Waals surface area contributed by atoms with Gasteiger partial charge in [0.05, 0.1) is 11.9 Å². The minimum absolute atomic E-state index is 0.351. The van der Waals surface area contributed by atoms with E-state index in [1.807, 2.05) is 54.2 Å². The third-order valence-corrected chi connectivity index (χ3v) is 3.47.